The molecule has 0 radical (unpaired) electrons. The fourth-order valence-electron chi connectivity index (χ4n) is 5.98. The number of benzene rings is 1. The van der Waals surface area contributed by atoms with Gasteiger partial charge in [-0.3, -0.25) is 4.98 Å². The number of alkyl halides is 3. The van der Waals surface area contributed by atoms with E-state index in [1.807, 2.05) is 18.7 Å². The number of rotatable bonds is 4. The predicted octanol–water partition coefficient (Wildman–Crippen LogP) is 6.80. The van der Waals surface area contributed by atoms with Crippen molar-refractivity contribution in [3.05, 3.63) is 69.7 Å². The van der Waals surface area contributed by atoms with E-state index >= 15 is 4.39 Å². The van der Waals surface area contributed by atoms with Gasteiger partial charge < -0.3 is 19.6 Å². The highest BCUT2D eigenvalue weighted by Gasteiger charge is 2.41. The van der Waals surface area contributed by atoms with Gasteiger partial charge in [0.25, 0.3) is 0 Å². The summed E-state index contributed by atoms with van der Waals surface area (Å²) in [6, 6.07) is 6.11. The number of aromatic hydroxyl groups is 1. The molecule has 3 atom stereocenters. The van der Waals surface area contributed by atoms with Crippen LogP contribution in [0.5, 0.6) is 5.75 Å². The number of aromatic nitrogens is 4. The Morgan fingerprint density at radius 1 is 1.04 bits per heavy atom. The van der Waals surface area contributed by atoms with Crippen LogP contribution in [-0.4, -0.2) is 72.6 Å². The third kappa shape index (κ3) is 6.39. The Hall–Kier alpha value is -4.75. The second-order valence-electron chi connectivity index (χ2n) is 13.3. The second kappa shape index (κ2) is 12.4. The number of aryl methyl sites for hydroxylation is 2. The quantitative estimate of drug-likeness (QED) is 0.236. The van der Waals surface area contributed by atoms with Gasteiger partial charge in [0, 0.05) is 31.4 Å². The number of carbonyl (C=O) groups is 1. The molecular formula is C34H38F4N6O4. The number of hydrogen-bond acceptors (Lipinski definition) is 8. The third-order valence-electron chi connectivity index (χ3n) is 8.43. The number of fused-ring (bicyclic) bond motifs is 1. The van der Waals surface area contributed by atoms with E-state index in [0.29, 0.717) is 16.5 Å². The average molecular weight is 671 g/mol. The first-order valence-corrected chi connectivity index (χ1v) is 15.5. The van der Waals surface area contributed by atoms with Crippen LogP contribution in [0, 0.1) is 19.7 Å². The lowest BCUT2D eigenvalue weighted by atomic mass is 10.0. The molecule has 0 aliphatic carbocycles. The Morgan fingerprint density at radius 2 is 1.73 bits per heavy atom. The summed E-state index contributed by atoms with van der Waals surface area (Å²) in [6.07, 6.45) is -3.94. The molecule has 1 saturated heterocycles. The average Bonchev–Trinajstić information content (AvgIpc) is 2.97. The van der Waals surface area contributed by atoms with Gasteiger partial charge in [0.15, 0.2) is 5.65 Å². The minimum atomic E-state index is -4.68. The van der Waals surface area contributed by atoms with E-state index in [2.05, 4.69) is 9.97 Å². The first kappa shape index (κ1) is 34.6. The maximum atomic E-state index is 15.2. The minimum Gasteiger partial charge on any atom is -0.507 e. The number of nitrogens with zero attached hydrogens (tertiary/aromatic N) is 6. The summed E-state index contributed by atoms with van der Waals surface area (Å²) in [6.45, 7) is 13.6. The van der Waals surface area contributed by atoms with E-state index in [1.54, 1.807) is 45.6 Å². The molecule has 5 rings (SSSR count). The van der Waals surface area contributed by atoms with Gasteiger partial charge >= 0.3 is 18.0 Å². The summed E-state index contributed by atoms with van der Waals surface area (Å²) in [5.41, 5.74) is -1.82. The number of carbonyl (C=O) groups excluding carboxylic acids is 1. The number of pyridine rings is 2. The van der Waals surface area contributed by atoms with Gasteiger partial charge in [0.2, 0.25) is 0 Å². The highest BCUT2D eigenvalue weighted by atomic mass is 19.4. The maximum absolute atomic E-state index is 15.2. The van der Waals surface area contributed by atoms with Crippen LogP contribution in [-0.2, 0) is 4.74 Å². The number of hydrogen-bond donors (Lipinski definition) is 1. The molecule has 3 aromatic heterocycles. The Morgan fingerprint density at radius 3 is 2.35 bits per heavy atom. The SMILES string of the molecule is Cc1cc2c(N3C[C@@H](C)N(C(=O)OC(C)(C)C)C[C@@H]3C)nc(=O)n(-c3c(C)ccnc3C(C)C(F)(F)F)c2nc1-c1c(O)cccc1F. The maximum Gasteiger partial charge on any atom is 0.410 e. The normalized spacial score (nSPS) is 17.9. The number of amides is 1. The fourth-order valence-corrected chi connectivity index (χ4v) is 5.98. The Kier molecular flexibility index (Phi) is 8.91. The predicted molar refractivity (Wildman–Crippen MR) is 173 cm³/mol. The summed E-state index contributed by atoms with van der Waals surface area (Å²) < 4.78 is 64.1. The number of phenols is 1. The number of halogens is 4. The number of phenolic OH excluding ortho intramolecular Hbond substituents is 1. The minimum absolute atomic E-state index is 0.00785. The molecule has 0 bridgehead atoms. The van der Waals surface area contributed by atoms with Crippen molar-refractivity contribution >= 4 is 22.9 Å². The summed E-state index contributed by atoms with van der Waals surface area (Å²) in [7, 11) is 0. The van der Waals surface area contributed by atoms with Crippen LogP contribution >= 0.6 is 0 Å². The largest absolute Gasteiger partial charge is 0.507 e. The fraction of sp³-hybridized carbons (Fsp3) is 0.441. The van der Waals surface area contributed by atoms with Gasteiger partial charge in [-0.2, -0.15) is 18.2 Å². The lowest BCUT2D eigenvalue weighted by Gasteiger charge is -2.44. The van der Waals surface area contributed by atoms with E-state index in [4.69, 9.17) is 9.72 Å². The molecule has 14 heteroatoms. The molecule has 1 aliphatic rings. The van der Waals surface area contributed by atoms with Crippen LogP contribution in [0.15, 0.2) is 41.3 Å². The van der Waals surface area contributed by atoms with Crippen molar-refractivity contribution < 1.29 is 32.2 Å². The van der Waals surface area contributed by atoms with Crippen molar-refractivity contribution in [2.45, 2.75) is 85.2 Å². The van der Waals surface area contributed by atoms with Crippen molar-refractivity contribution in [1.29, 1.82) is 0 Å². The van der Waals surface area contributed by atoms with Gasteiger partial charge in [-0.1, -0.05) is 6.07 Å². The zero-order valence-corrected chi connectivity index (χ0v) is 28.0. The Labute approximate surface area is 275 Å². The topological polar surface area (TPSA) is 114 Å². The van der Waals surface area contributed by atoms with Gasteiger partial charge in [0.1, 0.15) is 23.0 Å². The van der Waals surface area contributed by atoms with Crippen LogP contribution in [0.4, 0.5) is 28.2 Å². The van der Waals surface area contributed by atoms with Crippen LogP contribution < -0.4 is 10.6 Å². The van der Waals surface area contributed by atoms with E-state index in [-0.39, 0.29) is 53.6 Å². The zero-order chi connectivity index (χ0) is 35.5. The molecule has 1 aromatic carbocycles. The molecule has 1 amide bonds. The molecule has 1 unspecified atom stereocenters. The van der Waals surface area contributed by atoms with Gasteiger partial charge in [-0.15, -0.1) is 0 Å². The van der Waals surface area contributed by atoms with Crippen molar-refractivity contribution in [2.75, 3.05) is 18.0 Å². The van der Waals surface area contributed by atoms with E-state index in [1.165, 1.54) is 24.4 Å². The molecule has 48 heavy (non-hydrogen) atoms. The monoisotopic (exact) mass is 670 g/mol. The van der Waals surface area contributed by atoms with Gasteiger partial charge in [-0.05, 0) is 90.8 Å². The van der Waals surface area contributed by atoms with Crippen LogP contribution in [0.25, 0.3) is 28.0 Å². The lowest BCUT2D eigenvalue weighted by Crippen LogP contribution is -2.59. The van der Waals surface area contributed by atoms with Crippen molar-refractivity contribution in [3.63, 3.8) is 0 Å². The molecule has 4 aromatic rings. The molecule has 10 nitrogen and oxygen atoms in total. The number of anilines is 1. The second-order valence-corrected chi connectivity index (χ2v) is 13.3. The molecular weight excluding hydrogens is 632 g/mol. The summed E-state index contributed by atoms with van der Waals surface area (Å²) in [4.78, 5) is 43.7. The zero-order valence-electron chi connectivity index (χ0n) is 28.0. The van der Waals surface area contributed by atoms with E-state index in [0.717, 1.165) is 17.6 Å². The summed E-state index contributed by atoms with van der Waals surface area (Å²) in [5, 5.41) is 10.9. The smallest absolute Gasteiger partial charge is 0.410 e. The molecule has 1 N–H and O–H groups in total. The van der Waals surface area contributed by atoms with Crippen molar-refractivity contribution in [2.24, 2.45) is 0 Å². The molecule has 256 valence electrons. The summed E-state index contributed by atoms with van der Waals surface area (Å²) in [5.74, 6) is -3.05. The van der Waals surface area contributed by atoms with Crippen molar-refractivity contribution in [3.8, 4) is 22.7 Å². The first-order chi connectivity index (χ1) is 22.3. The van der Waals surface area contributed by atoms with Gasteiger partial charge in [-0.25, -0.2) is 23.5 Å². The molecule has 0 spiro atoms. The first-order valence-electron chi connectivity index (χ1n) is 15.5. The molecule has 4 heterocycles. The van der Waals surface area contributed by atoms with E-state index < -0.39 is 46.7 Å². The standard InChI is InChI=1S/C34H38F4N6O4/c1-17-12-13-39-27(21(5)34(36,37)38)28(17)44-30-22(14-18(2)26(40-30)25-23(35)10-9-11-24(25)45)29(41-31(44)46)42-15-20(4)43(16-19(42)3)32(47)48-33(6,7)8/h9-14,19-21,45H,15-16H2,1-8H3/t19-,20+,21?/m0/s1. The molecule has 0 saturated carbocycles. The van der Waals surface area contributed by atoms with Crippen LogP contribution in [0.1, 0.15) is 64.3 Å². The highest BCUT2D eigenvalue weighted by Crippen LogP contribution is 2.40. The molecule has 1 fully saturated rings. The highest BCUT2D eigenvalue weighted by molar-refractivity contribution is 5.92. The van der Waals surface area contributed by atoms with Crippen LogP contribution in [0.2, 0.25) is 0 Å². The van der Waals surface area contributed by atoms with Crippen molar-refractivity contribution in [1.82, 2.24) is 24.4 Å². The van der Waals surface area contributed by atoms with E-state index in [9.17, 15) is 27.9 Å². The summed E-state index contributed by atoms with van der Waals surface area (Å²) >= 11 is 0. The van der Waals surface area contributed by atoms with Crippen LogP contribution in [0.3, 0.4) is 0 Å². The van der Waals surface area contributed by atoms with Gasteiger partial charge in [0.05, 0.1) is 33.9 Å². The third-order valence-corrected chi connectivity index (χ3v) is 8.43. The number of ether oxygens (including phenoxy) is 1. The lowest BCUT2D eigenvalue weighted by molar-refractivity contribution is -0.147. The Bertz CT molecular complexity index is 1940. The number of piperazine rings is 1. The Balaban J connectivity index is 1.79. The molecule has 1 aliphatic heterocycles.